The van der Waals surface area contributed by atoms with Crippen LogP contribution in [0.4, 0.5) is 17.6 Å². The summed E-state index contributed by atoms with van der Waals surface area (Å²) in [4.78, 5) is 16.2. The van der Waals surface area contributed by atoms with Crippen LogP contribution in [0.25, 0.3) is 4.95 Å². The first-order valence-electron chi connectivity index (χ1n) is 17.3. The van der Waals surface area contributed by atoms with Crippen LogP contribution in [-0.4, -0.2) is 25.6 Å². The number of carbonyl (C=O) groups is 1. The molecule has 8 rings (SSSR count). The highest BCUT2D eigenvalue weighted by molar-refractivity contribution is 9.10. The van der Waals surface area contributed by atoms with Crippen LogP contribution >= 0.6 is 31.9 Å². The summed E-state index contributed by atoms with van der Waals surface area (Å²) in [5, 5.41) is 4.12. The molecular formula is C42H37Br2F4N3OSi. The number of rotatable bonds is 1. The molecule has 11 heteroatoms. The minimum Gasteiger partial charge on any atom is -0.294 e. The monoisotopic (exact) mass is 861 g/mol. The maximum absolute atomic E-state index is 13.7. The van der Waals surface area contributed by atoms with Crippen LogP contribution in [0.3, 0.4) is 0 Å². The van der Waals surface area contributed by atoms with Gasteiger partial charge in [-0.2, -0.15) is 6.57 Å². The number of fused-ring (bicyclic) bond motifs is 4. The highest BCUT2D eigenvalue weighted by atomic mass is 79.9. The lowest BCUT2D eigenvalue weighted by atomic mass is 9.68. The second-order valence-corrected chi connectivity index (χ2v) is 21.7. The molecule has 2 atom stereocenters. The largest absolute Gasteiger partial charge is 0.294 e. The molecule has 4 aliphatic rings. The molecule has 0 saturated carbocycles. The lowest BCUT2D eigenvalue weighted by Crippen LogP contribution is -2.35. The van der Waals surface area contributed by atoms with Gasteiger partial charge in [-0.15, -0.1) is 4.95 Å². The van der Waals surface area contributed by atoms with Crippen LogP contribution in [0.1, 0.15) is 62.1 Å². The fraction of sp³-hybridized carbons (Fsp3) is 0.310. The number of ketones is 1. The van der Waals surface area contributed by atoms with Crippen molar-refractivity contribution < 1.29 is 22.4 Å². The van der Waals surface area contributed by atoms with E-state index in [1.807, 2.05) is 36.4 Å². The Morgan fingerprint density at radius 2 is 1.13 bits per heavy atom. The Kier molecular flexibility index (Phi) is 11.0. The van der Waals surface area contributed by atoms with Crippen LogP contribution in [0.15, 0.2) is 85.9 Å². The van der Waals surface area contributed by atoms with Gasteiger partial charge in [-0.1, -0.05) is 44.0 Å². The third-order valence-corrected chi connectivity index (χ3v) is 12.4. The molecule has 0 saturated heterocycles. The highest BCUT2D eigenvalue weighted by Crippen LogP contribution is 2.48. The summed E-state index contributed by atoms with van der Waals surface area (Å²) in [5.41, 5.74) is 7.25. The number of hydrogen-bond donors (Lipinski definition) is 0. The molecular weight excluding hydrogens is 826 g/mol. The Bertz CT molecular complexity index is 2270. The topological polar surface area (TPSA) is 46.1 Å². The Morgan fingerprint density at radius 3 is 1.62 bits per heavy atom. The zero-order valence-electron chi connectivity index (χ0n) is 29.7. The van der Waals surface area contributed by atoms with E-state index < -0.39 is 36.9 Å². The average molecular weight is 864 g/mol. The maximum atomic E-state index is 13.7. The van der Waals surface area contributed by atoms with Crippen molar-refractivity contribution in [3.63, 3.8) is 0 Å². The van der Waals surface area contributed by atoms with Crippen molar-refractivity contribution in [1.82, 2.24) is 0 Å². The number of benzene rings is 4. The molecule has 0 bridgehead atoms. The van der Waals surface area contributed by atoms with Crippen LogP contribution in [0.5, 0.6) is 0 Å². The summed E-state index contributed by atoms with van der Waals surface area (Å²) < 4.78 is 59.9. The van der Waals surface area contributed by atoms with Gasteiger partial charge < -0.3 is 0 Å². The second-order valence-electron chi connectivity index (χ2n) is 15.3. The van der Waals surface area contributed by atoms with Crippen molar-refractivity contribution in [2.45, 2.75) is 71.0 Å². The molecule has 4 nitrogen and oxygen atoms in total. The molecule has 0 heterocycles. The van der Waals surface area contributed by atoms with E-state index in [0.29, 0.717) is 38.5 Å². The molecule has 272 valence electrons. The predicted octanol–water partition coefficient (Wildman–Crippen LogP) is 11.4. The van der Waals surface area contributed by atoms with E-state index in [2.05, 4.69) is 78.7 Å². The van der Waals surface area contributed by atoms with Gasteiger partial charge in [0, 0.05) is 30.9 Å². The zero-order chi connectivity index (χ0) is 38.3. The summed E-state index contributed by atoms with van der Waals surface area (Å²) in [6.45, 7) is 17.0. The third-order valence-electron chi connectivity index (χ3n) is 10.5. The quantitative estimate of drug-likeness (QED) is 0.0618. The van der Waals surface area contributed by atoms with Crippen molar-refractivity contribution in [1.29, 1.82) is 0 Å². The number of aryl methyl sites for hydroxylation is 2. The molecule has 0 amide bonds. The van der Waals surface area contributed by atoms with Gasteiger partial charge in [-0.3, -0.25) is 9.45 Å². The molecule has 2 unspecified atom stereocenters. The van der Waals surface area contributed by atoms with E-state index in [-0.39, 0.29) is 11.2 Å². The van der Waals surface area contributed by atoms with E-state index in [1.165, 1.54) is 24.3 Å². The molecule has 4 aliphatic carbocycles. The fourth-order valence-electron chi connectivity index (χ4n) is 8.15. The highest BCUT2D eigenvalue weighted by Gasteiger charge is 2.48. The first-order chi connectivity index (χ1) is 25.1. The minimum atomic E-state index is -1.21. The van der Waals surface area contributed by atoms with Gasteiger partial charge >= 0.3 is 0 Å². The summed E-state index contributed by atoms with van der Waals surface area (Å²) in [5.74, 6) is -0.561. The van der Waals surface area contributed by atoms with Crippen molar-refractivity contribution in [2.75, 3.05) is 0 Å². The second kappa shape index (κ2) is 15.1. The molecule has 4 aromatic carbocycles. The number of carbonyl (C=O) groups excluding carboxylic acids is 1. The van der Waals surface area contributed by atoms with Gasteiger partial charge in [0.1, 0.15) is 5.71 Å². The van der Waals surface area contributed by atoms with E-state index >= 15 is 0 Å². The van der Waals surface area contributed by atoms with E-state index in [1.54, 1.807) is 0 Å². The van der Waals surface area contributed by atoms with Gasteiger partial charge in [-0.25, -0.2) is 17.6 Å². The summed E-state index contributed by atoms with van der Waals surface area (Å²) in [6.07, 6.45) is 5.30. The van der Waals surface area contributed by atoms with Crippen LogP contribution < -0.4 is 0 Å². The summed E-state index contributed by atoms with van der Waals surface area (Å²) >= 11 is 6.88. The van der Waals surface area contributed by atoms with E-state index in [4.69, 9.17) is 6.57 Å². The van der Waals surface area contributed by atoms with Crippen LogP contribution in [0, 0.1) is 40.7 Å². The van der Waals surface area contributed by atoms with Crippen molar-refractivity contribution >= 4 is 57.5 Å². The lowest BCUT2D eigenvalue weighted by molar-refractivity contribution is 0.0794. The van der Waals surface area contributed by atoms with E-state index in [9.17, 15) is 22.4 Å². The van der Waals surface area contributed by atoms with Crippen molar-refractivity contribution in [2.24, 2.45) is 20.6 Å². The van der Waals surface area contributed by atoms with Gasteiger partial charge in [0.25, 0.3) is 0 Å². The minimum absolute atomic E-state index is 0.138. The molecule has 0 radical (unpaired) electrons. The molecule has 2 spiro atoms. The zero-order valence-corrected chi connectivity index (χ0v) is 33.8. The summed E-state index contributed by atoms with van der Waals surface area (Å²) in [7, 11) is -1.21. The maximum Gasteiger partial charge on any atom is 0.184 e. The average Bonchev–Trinajstić information content (AvgIpc) is 3.52. The number of hydrogen-bond acceptors (Lipinski definition) is 3. The Hall–Kier alpha value is -3.94. The van der Waals surface area contributed by atoms with Crippen molar-refractivity contribution in [3.05, 3.63) is 155 Å². The SMILES string of the molecule is C=C=N[Si](C)(C)C.O=C1c2cc(Br)ccc2CC12CCc1cc(F)c(F)cc1C2.[C-]#[N+]/N=C1\c2cc(Br)ccc2CC12CCc1cc(F)c(F)cc1C2. The van der Waals surface area contributed by atoms with Gasteiger partial charge in [0.05, 0.1) is 5.10 Å². The van der Waals surface area contributed by atoms with E-state index in [0.717, 1.165) is 72.0 Å². The normalized spacial score (nSPS) is 21.3. The first-order valence-corrected chi connectivity index (χ1v) is 22.3. The molecule has 0 fully saturated rings. The van der Waals surface area contributed by atoms with Crippen molar-refractivity contribution in [3.8, 4) is 0 Å². The summed E-state index contributed by atoms with van der Waals surface area (Å²) in [6, 6.07) is 17.0. The Morgan fingerprint density at radius 1 is 0.698 bits per heavy atom. The third kappa shape index (κ3) is 7.98. The number of Topliss-reactive ketones (excluding diaryl/α,β-unsaturated/α-hetero) is 1. The van der Waals surface area contributed by atoms with Crippen LogP contribution in [-0.2, 0) is 38.5 Å². The molecule has 0 aromatic heterocycles. The van der Waals surface area contributed by atoms with Gasteiger partial charge in [0.15, 0.2) is 37.3 Å². The van der Waals surface area contributed by atoms with Gasteiger partial charge in [0.2, 0.25) is 0 Å². The predicted molar refractivity (Wildman–Crippen MR) is 211 cm³/mol. The molecule has 0 aliphatic heterocycles. The smallest absolute Gasteiger partial charge is 0.184 e. The Labute approximate surface area is 325 Å². The lowest BCUT2D eigenvalue weighted by Gasteiger charge is -2.34. The molecule has 0 N–H and O–H groups in total. The number of nitrogens with zero attached hydrogens (tertiary/aromatic N) is 3. The standard InChI is InChI=1S/C19H13BrF2N2.C18H13BrF2O.C5H11NSi/c1-23-24-18-15-8-14(20)3-2-12(15)9-19(18)5-4-11-6-16(21)17(22)7-13(11)10-19;19-13-2-1-11-8-18(17(22)14(11)7-13)4-3-10-5-15(20)16(21)6-12(10)9-18;1-5-6-7(2,3)4/h2-3,6-8H,4-5,9-10H2;1-2,5-7H,3-4,8-9H2;1H2,2-4H3/b24-18+;;. The Balaban J connectivity index is 0.000000155. The fourth-order valence-corrected chi connectivity index (χ4v) is 9.35. The molecule has 4 aromatic rings. The number of halogens is 6. The first kappa shape index (κ1) is 38.8. The van der Waals surface area contributed by atoms with Gasteiger partial charge in [-0.05, 0) is 165 Å². The molecule has 53 heavy (non-hydrogen) atoms. The van der Waals surface area contributed by atoms with Crippen LogP contribution in [0.2, 0.25) is 19.6 Å².